The third kappa shape index (κ3) is 4.00. The van der Waals surface area contributed by atoms with Crippen LogP contribution < -0.4 is 11.1 Å². The molecule has 108 valence electrons. The highest BCUT2D eigenvalue weighted by atomic mass is 32.1. The molecule has 5 nitrogen and oxygen atoms in total. The lowest BCUT2D eigenvalue weighted by molar-refractivity contribution is -0.114. The van der Waals surface area contributed by atoms with Crippen molar-refractivity contribution in [3.05, 3.63) is 42.6 Å². The van der Waals surface area contributed by atoms with E-state index in [0.29, 0.717) is 11.0 Å². The number of nitrogens with zero attached hydrogens (tertiary/aromatic N) is 2. The van der Waals surface area contributed by atoms with Crippen LogP contribution in [0.15, 0.2) is 42.0 Å². The van der Waals surface area contributed by atoms with Crippen LogP contribution in [0.1, 0.15) is 19.4 Å². The van der Waals surface area contributed by atoms with Crippen LogP contribution in [0.25, 0.3) is 15.8 Å². The summed E-state index contributed by atoms with van der Waals surface area (Å²) < 4.78 is 0.990. The number of carbonyl (C=O) groups excluding carboxylic acids is 1. The summed E-state index contributed by atoms with van der Waals surface area (Å²) in [7, 11) is 0. The summed E-state index contributed by atoms with van der Waals surface area (Å²) in [6, 6.07) is 5.83. The summed E-state index contributed by atoms with van der Waals surface area (Å²) in [5, 5.41) is 3.29. The van der Waals surface area contributed by atoms with Crippen LogP contribution in [0.3, 0.4) is 0 Å². The largest absolute Gasteiger partial charge is 0.387 e. The molecule has 0 fully saturated rings. The van der Waals surface area contributed by atoms with Gasteiger partial charge >= 0.3 is 0 Å². The van der Waals surface area contributed by atoms with Gasteiger partial charge in [-0.15, -0.1) is 0 Å². The van der Waals surface area contributed by atoms with Crippen molar-refractivity contribution >= 4 is 44.0 Å². The first-order valence-corrected chi connectivity index (χ1v) is 7.11. The molecule has 1 aromatic heterocycles. The molecule has 0 radical (unpaired) electrons. The molecular formula is C15H16N4OS. The predicted octanol–water partition coefficient (Wildman–Crippen LogP) is 3.16. The highest BCUT2D eigenvalue weighted by Gasteiger charge is 2.06. The normalized spacial score (nSPS) is 12.0. The Balaban J connectivity index is 2.26. The van der Waals surface area contributed by atoms with Crippen LogP contribution in [-0.4, -0.2) is 16.7 Å². The molecule has 1 heterocycles. The van der Waals surface area contributed by atoms with E-state index in [0.717, 1.165) is 21.4 Å². The van der Waals surface area contributed by atoms with E-state index in [1.165, 1.54) is 18.3 Å². The maximum atomic E-state index is 11.0. The molecule has 0 unspecified atom stereocenters. The maximum Gasteiger partial charge on any atom is 0.223 e. The summed E-state index contributed by atoms with van der Waals surface area (Å²) >= 11 is 1.43. The Morgan fingerprint density at radius 3 is 2.90 bits per heavy atom. The van der Waals surface area contributed by atoms with Gasteiger partial charge in [-0.1, -0.05) is 24.0 Å². The quantitative estimate of drug-likeness (QED) is 0.517. The monoisotopic (exact) mass is 300 g/mol. The smallest absolute Gasteiger partial charge is 0.223 e. The van der Waals surface area contributed by atoms with Gasteiger partial charge in [0.2, 0.25) is 5.91 Å². The number of nitrogens with one attached hydrogen (secondary N) is 1. The SMILES string of the molecule is C=C(/C=C\N=C(C)N)c1ccc2nc(NC(C)=O)sc2c1. The Bertz CT molecular complexity index is 754. The number of fused-ring (bicyclic) bond motifs is 1. The van der Waals surface area contributed by atoms with E-state index in [4.69, 9.17) is 5.73 Å². The molecule has 21 heavy (non-hydrogen) atoms. The Labute approximate surface area is 126 Å². The lowest BCUT2D eigenvalue weighted by Crippen LogP contribution is -2.04. The molecule has 0 aliphatic heterocycles. The molecule has 1 aromatic carbocycles. The van der Waals surface area contributed by atoms with Gasteiger partial charge in [0.05, 0.1) is 16.1 Å². The van der Waals surface area contributed by atoms with Crippen molar-refractivity contribution in [2.75, 3.05) is 5.32 Å². The van der Waals surface area contributed by atoms with E-state index in [-0.39, 0.29) is 5.91 Å². The molecule has 0 saturated carbocycles. The summed E-state index contributed by atoms with van der Waals surface area (Å²) in [5.74, 6) is 0.369. The summed E-state index contributed by atoms with van der Waals surface area (Å²) in [4.78, 5) is 19.4. The highest BCUT2D eigenvalue weighted by molar-refractivity contribution is 7.22. The van der Waals surface area contributed by atoms with Crippen LogP contribution in [-0.2, 0) is 4.79 Å². The Hall–Kier alpha value is -2.47. The van der Waals surface area contributed by atoms with Gasteiger partial charge in [-0.2, -0.15) is 0 Å². The summed E-state index contributed by atoms with van der Waals surface area (Å²) in [5.41, 5.74) is 8.11. The number of aliphatic imine (C=N–C) groups is 1. The van der Waals surface area contributed by atoms with Crippen LogP contribution in [0.2, 0.25) is 0 Å². The van der Waals surface area contributed by atoms with Crippen LogP contribution in [0.4, 0.5) is 5.13 Å². The minimum absolute atomic E-state index is 0.128. The van der Waals surface area contributed by atoms with Crippen molar-refractivity contribution in [1.82, 2.24) is 4.98 Å². The number of benzene rings is 1. The average Bonchev–Trinajstić information content (AvgIpc) is 2.78. The Morgan fingerprint density at radius 2 is 2.24 bits per heavy atom. The van der Waals surface area contributed by atoms with Gasteiger partial charge < -0.3 is 11.1 Å². The third-order valence-electron chi connectivity index (χ3n) is 2.60. The van der Waals surface area contributed by atoms with E-state index < -0.39 is 0 Å². The second-order valence-electron chi connectivity index (χ2n) is 4.49. The van der Waals surface area contributed by atoms with E-state index in [1.54, 1.807) is 19.2 Å². The number of allylic oxidation sites excluding steroid dienone is 2. The second-order valence-corrected chi connectivity index (χ2v) is 5.52. The van der Waals surface area contributed by atoms with Crippen LogP contribution in [0.5, 0.6) is 0 Å². The summed E-state index contributed by atoms with van der Waals surface area (Å²) in [6.45, 7) is 7.19. The summed E-state index contributed by atoms with van der Waals surface area (Å²) in [6.07, 6.45) is 3.42. The molecular weight excluding hydrogens is 284 g/mol. The van der Waals surface area contributed by atoms with E-state index in [2.05, 4.69) is 21.9 Å². The first-order valence-electron chi connectivity index (χ1n) is 6.29. The number of rotatable bonds is 4. The standard InChI is InChI=1S/C15H16N4OS/c1-9(6-7-17-10(2)16)12-4-5-13-14(8-12)21-15(19-13)18-11(3)20/h4-8H,1H2,2-3H3,(H2,16,17)(H,18,19,20)/b7-6-. The highest BCUT2D eigenvalue weighted by Crippen LogP contribution is 2.28. The third-order valence-corrected chi connectivity index (χ3v) is 3.53. The van der Waals surface area contributed by atoms with Crippen LogP contribution >= 0.6 is 11.3 Å². The first kappa shape index (κ1) is 14.9. The number of thiazole rings is 1. The molecule has 2 rings (SSSR count). The first-order chi connectivity index (χ1) is 9.95. The number of nitrogens with two attached hydrogens (primary N) is 1. The molecule has 0 atom stereocenters. The van der Waals surface area contributed by atoms with Crippen molar-refractivity contribution in [1.29, 1.82) is 0 Å². The van der Waals surface area contributed by atoms with Crippen molar-refractivity contribution in [2.24, 2.45) is 10.7 Å². The Morgan fingerprint density at radius 1 is 1.48 bits per heavy atom. The van der Waals surface area contributed by atoms with E-state index >= 15 is 0 Å². The van der Waals surface area contributed by atoms with Gasteiger partial charge in [-0.25, -0.2) is 9.98 Å². The number of aromatic nitrogens is 1. The molecule has 0 spiro atoms. The number of amides is 1. The number of amidine groups is 1. The minimum Gasteiger partial charge on any atom is -0.387 e. The van der Waals surface area contributed by atoms with E-state index in [9.17, 15) is 4.79 Å². The molecule has 0 aliphatic carbocycles. The lowest BCUT2D eigenvalue weighted by atomic mass is 10.1. The number of hydrogen-bond acceptors (Lipinski definition) is 4. The lowest BCUT2D eigenvalue weighted by Gasteiger charge is -1.99. The zero-order valence-corrected chi connectivity index (χ0v) is 12.7. The molecule has 1 amide bonds. The van der Waals surface area contributed by atoms with Gasteiger partial charge in [0.1, 0.15) is 0 Å². The molecule has 0 bridgehead atoms. The van der Waals surface area contributed by atoms with Gasteiger partial charge in [-0.05, 0) is 36.3 Å². The van der Waals surface area contributed by atoms with Crippen molar-refractivity contribution in [2.45, 2.75) is 13.8 Å². The average molecular weight is 300 g/mol. The minimum atomic E-state index is -0.128. The fourth-order valence-electron chi connectivity index (χ4n) is 1.67. The fourth-order valence-corrected chi connectivity index (χ4v) is 2.62. The number of anilines is 1. The fraction of sp³-hybridized carbons (Fsp3) is 0.133. The topological polar surface area (TPSA) is 80.4 Å². The maximum absolute atomic E-state index is 11.0. The zero-order chi connectivity index (χ0) is 15.4. The van der Waals surface area contributed by atoms with Crippen molar-refractivity contribution < 1.29 is 4.79 Å². The van der Waals surface area contributed by atoms with Crippen molar-refractivity contribution in [3.8, 4) is 0 Å². The van der Waals surface area contributed by atoms with Gasteiger partial charge in [-0.3, -0.25) is 4.79 Å². The molecule has 3 N–H and O–H groups in total. The van der Waals surface area contributed by atoms with Gasteiger partial charge in [0.25, 0.3) is 0 Å². The predicted molar refractivity (Wildman–Crippen MR) is 89.4 cm³/mol. The molecule has 2 aromatic rings. The van der Waals surface area contributed by atoms with Gasteiger partial charge in [0.15, 0.2) is 5.13 Å². The molecule has 0 aliphatic rings. The molecule has 0 saturated heterocycles. The van der Waals surface area contributed by atoms with E-state index in [1.807, 2.05) is 18.2 Å². The Kier molecular flexibility index (Phi) is 4.49. The van der Waals surface area contributed by atoms with Crippen LogP contribution in [0, 0.1) is 0 Å². The van der Waals surface area contributed by atoms with Crippen molar-refractivity contribution in [3.63, 3.8) is 0 Å². The second kappa shape index (κ2) is 6.32. The molecule has 6 heteroatoms. The van der Waals surface area contributed by atoms with Gasteiger partial charge in [0, 0.05) is 13.1 Å². The zero-order valence-electron chi connectivity index (χ0n) is 11.9. The number of hydrogen-bond donors (Lipinski definition) is 2. The number of carbonyl (C=O) groups is 1.